The highest BCUT2D eigenvalue weighted by molar-refractivity contribution is 7.17. The van der Waals surface area contributed by atoms with Crippen LogP contribution in [0.1, 0.15) is 19.2 Å². The maximum Gasteiger partial charge on any atom is 0.166 e. The summed E-state index contributed by atoms with van der Waals surface area (Å²) in [5.74, 6) is 0.538. The molecule has 0 fully saturated rings. The van der Waals surface area contributed by atoms with Gasteiger partial charge in [0.25, 0.3) is 0 Å². The van der Waals surface area contributed by atoms with E-state index in [1.165, 1.54) is 22.0 Å². The molecule has 4 heterocycles. The molecule has 248 valence electrons. The van der Waals surface area contributed by atoms with Crippen LogP contribution in [0.5, 0.6) is 0 Å². The van der Waals surface area contributed by atoms with E-state index < -0.39 is 60.4 Å². The van der Waals surface area contributed by atoms with Crippen LogP contribution >= 0.6 is 11.3 Å². The van der Waals surface area contributed by atoms with Crippen LogP contribution in [0.4, 0.5) is 0 Å². The van der Waals surface area contributed by atoms with Crippen molar-refractivity contribution in [3.8, 4) is 51.0 Å². The zero-order chi connectivity index (χ0) is 47.1. The van der Waals surface area contributed by atoms with Gasteiger partial charge in [0.15, 0.2) is 17.5 Å². The van der Waals surface area contributed by atoms with Crippen molar-refractivity contribution in [3.05, 3.63) is 169 Å². The minimum absolute atomic E-state index is 0.00450. The molecule has 4 aromatic heterocycles. The molecule has 0 atom stereocenters. The lowest BCUT2D eigenvalue weighted by molar-refractivity contribution is 0.670. The number of nitrogens with zero attached hydrogens (tertiary/aromatic N) is 4. The van der Waals surface area contributed by atoms with E-state index in [0.717, 1.165) is 10.1 Å². The number of benzene rings is 7. The quantitative estimate of drug-likeness (QED) is 0.178. The Balaban J connectivity index is 1.20. The number of hydrogen-bond acceptors (Lipinski definition) is 5. The first kappa shape index (κ1) is 19.1. The van der Waals surface area contributed by atoms with Crippen LogP contribution in [-0.4, -0.2) is 19.5 Å². The fourth-order valence-electron chi connectivity index (χ4n) is 6.83. The third-order valence-corrected chi connectivity index (χ3v) is 10.1. The summed E-state index contributed by atoms with van der Waals surface area (Å²) in [6, 6.07) is 16.6. The van der Waals surface area contributed by atoms with Gasteiger partial charge in [0.05, 0.1) is 35.9 Å². The molecule has 6 heteroatoms. The first-order valence-corrected chi connectivity index (χ1v) is 17.3. The van der Waals surface area contributed by atoms with Crippen LogP contribution in [0, 0.1) is 0 Å². The third-order valence-electron chi connectivity index (χ3n) is 9.17. The maximum absolute atomic E-state index is 9.13. The molecule has 0 radical (unpaired) electrons. The van der Waals surface area contributed by atoms with Gasteiger partial charge in [-0.25, -0.2) is 15.0 Å². The predicted molar refractivity (Wildman–Crippen MR) is 219 cm³/mol. The molecule has 11 aromatic rings. The Morgan fingerprint density at radius 3 is 2.19 bits per heavy atom. The molecule has 0 aliphatic rings. The second-order valence-corrected chi connectivity index (χ2v) is 13.1. The van der Waals surface area contributed by atoms with Gasteiger partial charge in [-0.3, -0.25) is 0 Å². The average Bonchev–Trinajstić information content (AvgIpc) is 4.08. The third kappa shape index (κ3) is 4.73. The number of furan rings is 1. The van der Waals surface area contributed by atoms with Crippen molar-refractivity contribution in [3.63, 3.8) is 0 Å². The predicted octanol–water partition coefficient (Wildman–Crippen LogP) is 12.8. The Morgan fingerprint density at radius 1 is 0.528 bits per heavy atom. The van der Waals surface area contributed by atoms with Crippen LogP contribution in [-0.2, 0) is 0 Å². The van der Waals surface area contributed by atoms with Gasteiger partial charge in [0.1, 0.15) is 11.2 Å². The molecule has 0 N–H and O–H groups in total. The topological polar surface area (TPSA) is 56.7 Å². The van der Waals surface area contributed by atoms with E-state index in [4.69, 9.17) is 38.6 Å². The van der Waals surface area contributed by atoms with E-state index in [0.29, 0.717) is 27.9 Å². The first-order chi connectivity index (χ1) is 32.1. The van der Waals surface area contributed by atoms with Gasteiger partial charge in [0, 0.05) is 48.5 Å². The number of aromatic nitrogens is 4. The molecule has 7 aromatic carbocycles. The summed E-state index contributed by atoms with van der Waals surface area (Å²) in [4.78, 5) is 15.1. The number of rotatable bonds is 5. The first-order valence-electron chi connectivity index (χ1n) is 23.5. The van der Waals surface area contributed by atoms with E-state index in [-0.39, 0.29) is 91.0 Å². The summed E-state index contributed by atoms with van der Waals surface area (Å²) >= 11 is 1.49. The average molecular weight is 711 g/mol. The molecule has 0 amide bonds. The largest absolute Gasteiger partial charge is 0.455 e. The molecule has 0 aliphatic carbocycles. The second kappa shape index (κ2) is 11.8. The minimum Gasteiger partial charge on any atom is -0.455 e. The Kier molecular flexibility index (Phi) is 4.26. The minimum atomic E-state index is -0.532. The van der Waals surface area contributed by atoms with Crippen LogP contribution in [0.25, 0.3) is 105 Å². The van der Waals surface area contributed by atoms with Crippen LogP contribution < -0.4 is 0 Å². The fraction of sp³-hybridized carbons (Fsp3) is 0. The van der Waals surface area contributed by atoms with E-state index in [1.54, 1.807) is 48.5 Å². The highest BCUT2D eigenvalue weighted by Crippen LogP contribution is 2.39. The number of para-hydroxylation sites is 5. The van der Waals surface area contributed by atoms with Crippen molar-refractivity contribution in [2.24, 2.45) is 0 Å². The lowest BCUT2D eigenvalue weighted by atomic mass is 10.00. The van der Waals surface area contributed by atoms with Gasteiger partial charge in [0.2, 0.25) is 0 Å². The van der Waals surface area contributed by atoms with E-state index in [2.05, 4.69) is 0 Å². The summed E-state index contributed by atoms with van der Waals surface area (Å²) in [5, 5.41) is 2.80. The molecule has 0 bridgehead atoms. The highest BCUT2D eigenvalue weighted by atomic mass is 32.1. The molecule has 0 aliphatic heterocycles. The summed E-state index contributed by atoms with van der Waals surface area (Å²) in [6.45, 7) is 0. The smallest absolute Gasteiger partial charge is 0.166 e. The van der Waals surface area contributed by atoms with Gasteiger partial charge in [-0.05, 0) is 64.8 Å². The van der Waals surface area contributed by atoms with Crippen molar-refractivity contribution < 1.29 is 23.6 Å². The Morgan fingerprint density at radius 2 is 1.25 bits per heavy atom. The summed E-state index contributed by atoms with van der Waals surface area (Å²) in [7, 11) is 0. The molecular formula is C47H28N4OS. The fourth-order valence-corrected chi connectivity index (χ4v) is 7.74. The lowest BCUT2D eigenvalue weighted by Gasteiger charge is -2.15. The normalized spacial score (nSPS) is 15.5. The summed E-state index contributed by atoms with van der Waals surface area (Å²) in [6.07, 6.45) is 0. The van der Waals surface area contributed by atoms with Crippen LogP contribution in [0.3, 0.4) is 0 Å². The SMILES string of the molecule is [2H]c1cc([2H])c2c(c1[2H])c1c([2H])c([2H])c([2H])c([2H])c1n2-c1ccccc1-c1nc(-c2cccc(-c3c([2H])c([2H])c([2H])c4c3oc3c([2H])c([2H])c([2H])c([2H])c34)c2)nc(-c2cccc3ccsc23)n1. The van der Waals surface area contributed by atoms with Crippen LogP contribution in [0.2, 0.25) is 0 Å². The summed E-state index contributed by atoms with van der Waals surface area (Å²) < 4.78 is 131. The Bertz CT molecular complexity index is 4010. The zero-order valence-corrected chi connectivity index (χ0v) is 28.0. The standard InChI is InChI=1S/C47H28N4OS/c1-5-22-39-33(15-1)34-16-2-6-23-40(34)51(39)41-24-7-3-18-37(41)46-48-45(49-47(50-46)38-21-10-12-29-26-27-53-44(29)38)31-14-9-13-30(28-31)32-19-11-20-36-35-17-4-8-25-42(35)52-43(32)36/h1-28H/i1D,2D,4D,5D,8D,11D,15D,16D,17D,19D,20D,22D,23D,25D. The maximum atomic E-state index is 9.13. The van der Waals surface area contributed by atoms with Gasteiger partial charge in [-0.1, -0.05) is 115 Å². The van der Waals surface area contributed by atoms with Gasteiger partial charge >= 0.3 is 0 Å². The van der Waals surface area contributed by atoms with Crippen molar-refractivity contribution in [1.29, 1.82) is 0 Å². The number of hydrogen-bond donors (Lipinski definition) is 0. The summed E-state index contributed by atoms with van der Waals surface area (Å²) in [5.41, 5.74) is 1.97. The van der Waals surface area contributed by atoms with Crippen molar-refractivity contribution in [2.45, 2.75) is 0 Å². The molecule has 0 saturated heterocycles. The van der Waals surface area contributed by atoms with Gasteiger partial charge in [-0.15, -0.1) is 11.3 Å². The molecular weight excluding hydrogens is 669 g/mol. The number of thiophene rings is 1. The monoisotopic (exact) mass is 710 g/mol. The Labute approximate surface area is 327 Å². The highest BCUT2D eigenvalue weighted by Gasteiger charge is 2.20. The molecule has 11 rings (SSSR count). The van der Waals surface area contributed by atoms with Crippen molar-refractivity contribution in [2.75, 3.05) is 0 Å². The van der Waals surface area contributed by atoms with Crippen molar-refractivity contribution >= 4 is 65.2 Å². The second-order valence-electron chi connectivity index (χ2n) is 12.1. The molecule has 53 heavy (non-hydrogen) atoms. The number of fused-ring (bicyclic) bond motifs is 7. The molecule has 5 nitrogen and oxygen atoms in total. The van der Waals surface area contributed by atoms with Gasteiger partial charge < -0.3 is 8.98 Å². The zero-order valence-electron chi connectivity index (χ0n) is 41.2. The molecule has 0 saturated carbocycles. The van der Waals surface area contributed by atoms with E-state index in [9.17, 15) is 0 Å². The molecule has 0 unspecified atom stereocenters. The van der Waals surface area contributed by atoms with E-state index >= 15 is 0 Å². The van der Waals surface area contributed by atoms with Gasteiger partial charge in [-0.2, -0.15) is 0 Å². The van der Waals surface area contributed by atoms with Crippen LogP contribution in [0.15, 0.2) is 173 Å². The Hall–Kier alpha value is -6.89. The van der Waals surface area contributed by atoms with E-state index in [1.807, 2.05) is 29.6 Å². The van der Waals surface area contributed by atoms with Crippen molar-refractivity contribution in [1.82, 2.24) is 19.5 Å². The molecule has 0 spiro atoms. The lowest BCUT2D eigenvalue weighted by Crippen LogP contribution is -2.03.